The van der Waals surface area contributed by atoms with E-state index in [4.69, 9.17) is 53.6 Å². The zero-order chi connectivity index (χ0) is 26.8. The maximum absolute atomic E-state index is 9.69. The first-order valence-corrected chi connectivity index (χ1v) is 9.14. The van der Waals surface area contributed by atoms with Crippen LogP contribution in [0.3, 0.4) is 0 Å². The standard InChI is InChI=1S/C3H5BrO2.C3H5N3O2.C2H3BrO2.C2H3N3O2.2BrH.2N3.4Na/c4-2-1-3(5)6;4-6-5-2-1-3(7)8;3-1-2(4)5;3-5-4-1-2(6)7;;;2*1-3-2;;;;/h1-2H2,(H,5,6);1-2H2,(H,7,8);1H2,(H,4,5);1H2,(H,6,7);2*1H;;;;;;/q;;;;;;2*-1;4*+1/p-2. The van der Waals surface area contributed by atoms with E-state index in [1.165, 1.54) is 9.82 Å². The maximum Gasteiger partial charge on any atom is 1.00 e. The quantitative estimate of drug-likeness (QED) is 0.0596. The number of alkyl halides is 2. The van der Waals surface area contributed by atoms with Gasteiger partial charge in [0.15, 0.2) is 0 Å². The van der Waals surface area contributed by atoms with Crippen molar-refractivity contribution in [3.05, 3.63) is 52.8 Å². The smallest absolute Gasteiger partial charge is 1.00 e. The molecule has 20 nitrogen and oxygen atoms in total. The first-order chi connectivity index (χ1) is 14.9. The van der Waals surface area contributed by atoms with Gasteiger partial charge in [-0.1, -0.05) is 42.1 Å². The third-order valence-corrected chi connectivity index (χ3v) is 2.06. The van der Waals surface area contributed by atoms with E-state index in [0.717, 1.165) is 0 Å². The van der Waals surface area contributed by atoms with E-state index < -0.39 is 30.4 Å². The molecule has 0 unspecified atom stereocenters. The molecule has 0 aromatic heterocycles. The van der Waals surface area contributed by atoms with Gasteiger partial charge in [0.2, 0.25) is 0 Å². The first kappa shape index (κ1) is 77.3. The Morgan fingerprint density at radius 3 is 1.00 bits per heavy atom. The van der Waals surface area contributed by atoms with Crippen LogP contribution in [0.15, 0.2) is 10.2 Å². The number of rotatable bonds is 8. The van der Waals surface area contributed by atoms with Crippen molar-refractivity contribution in [1.82, 2.24) is 0 Å². The summed E-state index contributed by atoms with van der Waals surface area (Å²) >= 11 is 5.68. The Morgan fingerprint density at radius 2 is 0.895 bits per heavy atom. The second-order valence-electron chi connectivity index (χ2n) is 3.42. The number of hydrogen-bond donors (Lipinski definition) is 4. The fourth-order valence-corrected chi connectivity index (χ4v) is 0.703. The van der Waals surface area contributed by atoms with Crippen LogP contribution in [0.25, 0.3) is 52.8 Å². The van der Waals surface area contributed by atoms with Gasteiger partial charge in [-0.05, 0) is 11.1 Å². The van der Waals surface area contributed by atoms with Gasteiger partial charge in [0.1, 0.15) is 11.9 Å². The summed E-state index contributed by atoms with van der Waals surface area (Å²) in [7, 11) is 0. The van der Waals surface area contributed by atoms with Gasteiger partial charge < -0.3 is 76.5 Å². The van der Waals surface area contributed by atoms with Gasteiger partial charge in [-0.2, -0.15) is 0 Å². The van der Waals surface area contributed by atoms with Crippen LogP contribution in [0, 0.1) is 0 Å². The number of halogens is 4. The number of aliphatic carboxylic acids is 4. The van der Waals surface area contributed by atoms with Gasteiger partial charge >= 0.3 is 142 Å². The van der Waals surface area contributed by atoms with Crippen LogP contribution in [0.1, 0.15) is 12.8 Å². The number of hydrogen-bond acceptors (Lipinski definition) is 6. The van der Waals surface area contributed by atoms with Crippen LogP contribution in [0.4, 0.5) is 0 Å². The van der Waals surface area contributed by atoms with Crippen molar-refractivity contribution in [1.29, 1.82) is 0 Å². The summed E-state index contributed by atoms with van der Waals surface area (Å²) in [4.78, 5) is 45.7. The Labute approximate surface area is 341 Å². The number of azide groups is 2. The molecule has 0 aromatic carbocycles. The topological polar surface area (TPSA) is 364 Å². The molecule has 196 valence electrons. The number of nitrogens with zero attached hydrogens (tertiary/aromatic N) is 12. The molecule has 0 saturated heterocycles. The van der Waals surface area contributed by atoms with Crippen molar-refractivity contribution in [3.63, 3.8) is 0 Å². The molecule has 28 heteroatoms. The third kappa shape index (κ3) is 213. The van der Waals surface area contributed by atoms with E-state index in [-0.39, 0.29) is 177 Å². The molecule has 0 aliphatic rings. The van der Waals surface area contributed by atoms with E-state index >= 15 is 0 Å². The van der Waals surface area contributed by atoms with Crippen LogP contribution in [0.5, 0.6) is 0 Å². The molecule has 0 saturated carbocycles. The van der Waals surface area contributed by atoms with Gasteiger partial charge in [-0.15, -0.1) is 0 Å². The van der Waals surface area contributed by atoms with Crippen molar-refractivity contribution in [2.45, 2.75) is 12.8 Å². The number of carboxylic acids is 4. The average Bonchev–Trinajstić information content (AvgIpc) is 2.69. The van der Waals surface area contributed by atoms with Crippen molar-refractivity contribution >= 4 is 55.7 Å². The molecule has 4 N–H and O–H groups in total. The zero-order valence-electron chi connectivity index (χ0n) is 20.5. The summed E-state index contributed by atoms with van der Waals surface area (Å²) in [6.07, 6.45) is 0.115. The van der Waals surface area contributed by atoms with Gasteiger partial charge in [0, 0.05) is 21.7 Å². The molecule has 0 atom stereocenters. The zero-order valence-corrected chi connectivity index (χ0v) is 34.9. The molecular weight excluding hydrogens is 828 g/mol. The molecule has 0 spiro atoms. The van der Waals surface area contributed by atoms with E-state index in [2.05, 4.69) is 51.9 Å². The average molecular weight is 844 g/mol. The van der Waals surface area contributed by atoms with Gasteiger partial charge in [-0.25, -0.2) is 0 Å². The van der Waals surface area contributed by atoms with E-state index in [1.807, 2.05) is 0 Å². The molecule has 0 rings (SSSR count). The molecule has 0 fully saturated rings. The Bertz CT molecular complexity index is 693. The fraction of sp³-hybridized carbons (Fsp3) is 0.600. The summed E-state index contributed by atoms with van der Waals surface area (Å²) in [6.45, 7) is -0.442. The van der Waals surface area contributed by atoms with Crippen molar-refractivity contribution < 1.29 is 192 Å². The minimum Gasteiger partial charge on any atom is -1.00 e. The number of carboxylic acid groups (broad SMARTS) is 4. The largest absolute Gasteiger partial charge is 1.00 e. The predicted octanol–water partition coefficient (Wildman–Crippen LogP) is -13.8. The molecule has 0 heterocycles. The molecule has 38 heavy (non-hydrogen) atoms. The first-order valence-electron chi connectivity index (χ1n) is 6.89. The SMILES string of the molecule is O=C(O)CBr.O=C(O)CCBr.[Br-].[Br-].[N-]=[N+]=NCC(=O)O.[N-]=[N+]=NCCC(=O)O.[N-]=[N+]=[N-].[N-]=[N+]=[N-].[Na+].[Na+].[Na+].[Na+]. The van der Waals surface area contributed by atoms with E-state index in [1.54, 1.807) is 0 Å². The summed E-state index contributed by atoms with van der Waals surface area (Å²) < 4.78 is 0. The minimum absolute atomic E-state index is 0. The molecule has 0 aliphatic heterocycles. The molecule has 0 aromatic rings. The van der Waals surface area contributed by atoms with Gasteiger partial charge in [-0.3, -0.25) is 29.0 Å². The molecule has 0 bridgehead atoms. The Balaban J connectivity index is -0.0000000213. The van der Waals surface area contributed by atoms with Crippen LogP contribution >= 0.6 is 31.9 Å². The third-order valence-electron chi connectivity index (χ3n) is 1.18. The predicted molar refractivity (Wildman–Crippen MR) is 116 cm³/mol. The maximum atomic E-state index is 9.69. The summed E-state index contributed by atoms with van der Waals surface area (Å²) in [5.41, 5.74) is 42.2. The van der Waals surface area contributed by atoms with Crippen LogP contribution in [-0.4, -0.2) is 68.1 Å². The van der Waals surface area contributed by atoms with Crippen LogP contribution in [0.2, 0.25) is 0 Å². The second kappa shape index (κ2) is 83.2. The summed E-state index contributed by atoms with van der Waals surface area (Å²) in [5, 5.41) is 37.6. The van der Waals surface area contributed by atoms with Gasteiger partial charge in [0.05, 0.1) is 12.8 Å². The van der Waals surface area contributed by atoms with Crippen LogP contribution < -0.4 is 152 Å². The summed E-state index contributed by atoms with van der Waals surface area (Å²) in [6, 6.07) is 0. The van der Waals surface area contributed by atoms with Crippen LogP contribution in [-0.2, 0) is 19.2 Å². The monoisotopic (exact) mass is 840 g/mol. The van der Waals surface area contributed by atoms with Gasteiger partial charge in [0.25, 0.3) is 0 Å². The minimum atomic E-state index is -1.11. The Morgan fingerprint density at radius 1 is 0.605 bits per heavy atom. The molecule has 0 radical (unpaired) electrons. The fourth-order valence-electron chi connectivity index (χ4n) is 0.363. The molecule has 0 aliphatic carbocycles. The molecular formula is C10H16Br4N12Na4O8. The van der Waals surface area contributed by atoms with Crippen molar-refractivity contribution in [2.75, 3.05) is 23.7 Å². The van der Waals surface area contributed by atoms with Crippen molar-refractivity contribution in [2.24, 2.45) is 10.2 Å². The van der Waals surface area contributed by atoms with E-state index in [9.17, 15) is 19.2 Å². The Hall–Kier alpha value is 1.04. The normalized spacial score (nSPS) is 5.53. The van der Waals surface area contributed by atoms with E-state index in [0.29, 0.717) is 5.33 Å². The second-order valence-corrected chi connectivity index (χ2v) is 4.77. The number of carbonyl (C=O) groups is 4. The van der Waals surface area contributed by atoms with Crippen molar-refractivity contribution in [3.8, 4) is 0 Å². The summed E-state index contributed by atoms with van der Waals surface area (Å²) in [5.74, 6) is -3.65. The Kier molecular flexibility index (Phi) is 169. The molecule has 0 amide bonds.